The van der Waals surface area contributed by atoms with Gasteiger partial charge in [-0.3, -0.25) is 14.4 Å². The number of fused-ring (bicyclic) bond motifs is 1. The van der Waals surface area contributed by atoms with Crippen LogP contribution in [0.4, 0.5) is 0 Å². The van der Waals surface area contributed by atoms with E-state index in [4.69, 9.17) is 5.73 Å². The molecular weight excluding hydrogens is 498 g/mol. The first-order valence-corrected chi connectivity index (χ1v) is 13.6. The first kappa shape index (κ1) is 28.5. The lowest BCUT2D eigenvalue weighted by atomic mass is 10.0. The highest BCUT2D eigenvalue weighted by molar-refractivity contribution is 7.98. The molecule has 37 heavy (non-hydrogen) atoms. The average Bonchev–Trinajstić information content (AvgIpc) is 3.52. The van der Waals surface area contributed by atoms with E-state index in [1.54, 1.807) is 18.0 Å². The van der Waals surface area contributed by atoms with Crippen molar-refractivity contribution >= 4 is 46.4 Å². The third-order valence-corrected chi connectivity index (χ3v) is 7.21. The lowest BCUT2D eigenvalue weighted by Gasteiger charge is -2.29. The zero-order valence-corrected chi connectivity index (χ0v) is 21.8. The molecular formula is C25H35N5O6S. The number of aliphatic carboxylic acids is 1. The van der Waals surface area contributed by atoms with Crippen LogP contribution in [0.5, 0.6) is 0 Å². The number of hydrogen-bond acceptors (Lipinski definition) is 7. The number of rotatable bonds is 12. The highest BCUT2D eigenvalue weighted by atomic mass is 32.2. The maximum Gasteiger partial charge on any atom is 0.328 e. The maximum atomic E-state index is 13.4. The second-order valence-corrected chi connectivity index (χ2v) is 10.3. The van der Waals surface area contributed by atoms with Crippen LogP contribution in [0.15, 0.2) is 30.5 Å². The number of aromatic nitrogens is 1. The normalized spacial score (nSPS) is 18.7. The van der Waals surface area contributed by atoms with Gasteiger partial charge in [0.15, 0.2) is 6.04 Å². The highest BCUT2D eigenvalue weighted by Gasteiger charge is 2.38. The molecule has 7 N–H and O–H groups in total. The van der Waals surface area contributed by atoms with Gasteiger partial charge in [-0.1, -0.05) is 18.2 Å². The predicted molar refractivity (Wildman–Crippen MR) is 141 cm³/mol. The van der Waals surface area contributed by atoms with E-state index in [0.29, 0.717) is 25.8 Å². The zero-order chi connectivity index (χ0) is 27.1. The van der Waals surface area contributed by atoms with E-state index >= 15 is 0 Å². The lowest BCUT2D eigenvalue weighted by Crippen LogP contribution is -2.58. The molecule has 11 nitrogen and oxygen atoms in total. The third kappa shape index (κ3) is 7.02. The smallest absolute Gasteiger partial charge is 0.328 e. The van der Waals surface area contributed by atoms with Crippen molar-refractivity contribution in [1.82, 2.24) is 20.5 Å². The minimum atomic E-state index is -1.55. The summed E-state index contributed by atoms with van der Waals surface area (Å²) in [6.07, 6.45) is 3.93. The Kier molecular flexibility index (Phi) is 9.95. The Morgan fingerprint density at radius 3 is 2.65 bits per heavy atom. The number of amides is 3. The predicted octanol–water partition coefficient (Wildman–Crippen LogP) is 0.217. The summed E-state index contributed by atoms with van der Waals surface area (Å²) in [5.41, 5.74) is 7.66. The van der Waals surface area contributed by atoms with Crippen LogP contribution in [0.25, 0.3) is 10.9 Å². The van der Waals surface area contributed by atoms with E-state index in [2.05, 4.69) is 15.6 Å². The second kappa shape index (κ2) is 12.9. The van der Waals surface area contributed by atoms with Crippen LogP contribution < -0.4 is 16.4 Å². The van der Waals surface area contributed by atoms with Crippen molar-refractivity contribution < 1.29 is 29.4 Å². The van der Waals surface area contributed by atoms with Crippen LogP contribution in [0.3, 0.4) is 0 Å². The van der Waals surface area contributed by atoms with Gasteiger partial charge < -0.3 is 36.5 Å². The van der Waals surface area contributed by atoms with Crippen molar-refractivity contribution in [2.75, 3.05) is 18.6 Å². The Hall–Kier alpha value is -3.09. The minimum Gasteiger partial charge on any atom is -0.480 e. The summed E-state index contributed by atoms with van der Waals surface area (Å²) in [5.74, 6) is -2.23. The Morgan fingerprint density at radius 1 is 1.24 bits per heavy atom. The maximum absolute atomic E-state index is 13.4. The Morgan fingerprint density at radius 2 is 1.97 bits per heavy atom. The number of carboxylic acid groups (broad SMARTS) is 1. The number of carbonyl (C=O) groups excluding carboxylic acids is 3. The van der Waals surface area contributed by atoms with E-state index in [1.807, 2.05) is 30.5 Å². The summed E-state index contributed by atoms with van der Waals surface area (Å²) in [5, 5.41) is 25.2. The molecule has 1 aliphatic heterocycles. The number of aliphatic hydroxyl groups excluding tert-OH is 1. The van der Waals surface area contributed by atoms with Crippen LogP contribution >= 0.6 is 11.8 Å². The van der Waals surface area contributed by atoms with Crippen molar-refractivity contribution in [3.63, 3.8) is 0 Å². The highest BCUT2D eigenvalue weighted by Crippen LogP contribution is 2.22. The number of carboxylic acids is 1. The van der Waals surface area contributed by atoms with Gasteiger partial charge in [-0.25, -0.2) is 4.79 Å². The fourth-order valence-corrected chi connectivity index (χ4v) is 5.01. The number of nitrogens with zero attached hydrogens (tertiary/aromatic N) is 1. The van der Waals surface area contributed by atoms with Crippen molar-refractivity contribution in [2.24, 2.45) is 5.73 Å². The summed E-state index contributed by atoms with van der Waals surface area (Å²) >= 11 is 1.58. The number of nitrogens with two attached hydrogens (primary N) is 1. The van der Waals surface area contributed by atoms with Gasteiger partial charge in [0.1, 0.15) is 12.1 Å². The van der Waals surface area contributed by atoms with E-state index < -0.39 is 48.1 Å². The first-order valence-electron chi connectivity index (χ1n) is 12.3. The van der Waals surface area contributed by atoms with Crippen molar-refractivity contribution in [3.05, 3.63) is 36.0 Å². The van der Waals surface area contributed by atoms with Crippen LogP contribution in [0.1, 0.15) is 31.7 Å². The topological polar surface area (TPSA) is 178 Å². The number of para-hydroxylation sites is 1. The molecule has 202 valence electrons. The molecule has 0 spiro atoms. The van der Waals surface area contributed by atoms with E-state index in [1.165, 1.54) is 11.8 Å². The molecule has 5 atom stereocenters. The SMILES string of the molecule is CSCCC(N)C(=O)N1CCCC1C(=O)NC(Cc1c[nH]c2ccccc12)C(=O)NC(C(=O)O)C(C)O. The summed E-state index contributed by atoms with van der Waals surface area (Å²) in [6.45, 7) is 1.65. The van der Waals surface area contributed by atoms with E-state index in [0.717, 1.165) is 22.2 Å². The Balaban J connectivity index is 1.81. The molecule has 1 fully saturated rings. The molecule has 2 aromatic rings. The van der Waals surface area contributed by atoms with Gasteiger partial charge in [-0.05, 0) is 49.8 Å². The molecule has 1 saturated heterocycles. The number of hydrogen-bond donors (Lipinski definition) is 6. The van der Waals surface area contributed by atoms with Crippen molar-refractivity contribution in [2.45, 2.75) is 62.9 Å². The fourth-order valence-electron chi connectivity index (χ4n) is 4.52. The monoisotopic (exact) mass is 533 g/mol. The summed E-state index contributed by atoms with van der Waals surface area (Å²) in [7, 11) is 0. The van der Waals surface area contributed by atoms with Gasteiger partial charge in [-0.15, -0.1) is 0 Å². The standard InChI is InChI=1S/C25H35N5O6S/c1-14(31)21(25(35)36)29-22(32)19(12-15-13-27-18-7-4-3-6-16(15)18)28-23(33)20-8-5-10-30(20)24(34)17(26)9-11-37-2/h3-4,6-7,13-14,17,19-21,27,31H,5,8-12,26H2,1-2H3,(H,28,33)(H,29,32)(H,35,36). The first-order chi connectivity index (χ1) is 17.6. The molecule has 1 aromatic heterocycles. The van der Waals surface area contributed by atoms with Crippen LogP contribution in [-0.4, -0.2) is 92.6 Å². The molecule has 1 aliphatic rings. The van der Waals surface area contributed by atoms with Crippen molar-refractivity contribution in [3.8, 4) is 0 Å². The summed E-state index contributed by atoms with van der Waals surface area (Å²) < 4.78 is 0. The molecule has 0 bridgehead atoms. The number of H-pyrrole nitrogens is 1. The number of thioether (sulfide) groups is 1. The van der Waals surface area contributed by atoms with Gasteiger partial charge in [-0.2, -0.15) is 11.8 Å². The lowest BCUT2D eigenvalue weighted by molar-refractivity contribution is -0.145. The van der Waals surface area contributed by atoms with Crippen molar-refractivity contribution in [1.29, 1.82) is 0 Å². The Labute approximate surface area is 219 Å². The summed E-state index contributed by atoms with van der Waals surface area (Å²) in [6, 6.07) is 3.29. The number of nitrogens with one attached hydrogen (secondary N) is 3. The molecule has 3 rings (SSSR count). The number of carbonyl (C=O) groups is 4. The molecule has 0 aliphatic carbocycles. The zero-order valence-electron chi connectivity index (χ0n) is 21.0. The van der Waals surface area contributed by atoms with Crippen LogP contribution in [0.2, 0.25) is 0 Å². The largest absolute Gasteiger partial charge is 0.480 e. The van der Waals surface area contributed by atoms with E-state index in [-0.39, 0.29) is 12.3 Å². The van der Waals surface area contributed by atoms with Gasteiger partial charge in [0.05, 0.1) is 12.1 Å². The second-order valence-electron chi connectivity index (χ2n) is 9.27. The molecule has 2 heterocycles. The van der Waals surface area contributed by atoms with Gasteiger partial charge >= 0.3 is 5.97 Å². The van der Waals surface area contributed by atoms with Gasteiger partial charge in [0, 0.05) is 30.1 Å². The van der Waals surface area contributed by atoms with Gasteiger partial charge in [0.25, 0.3) is 0 Å². The van der Waals surface area contributed by atoms with Gasteiger partial charge in [0.2, 0.25) is 17.7 Å². The van der Waals surface area contributed by atoms with E-state index in [9.17, 15) is 29.4 Å². The molecule has 0 saturated carbocycles. The fraction of sp³-hybridized carbons (Fsp3) is 0.520. The number of benzene rings is 1. The quantitative estimate of drug-likeness (QED) is 0.224. The minimum absolute atomic E-state index is 0.0711. The molecule has 3 amide bonds. The third-order valence-electron chi connectivity index (χ3n) is 6.57. The molecule has 12 heteroatoms. The molecule has 5 unspecified atom stereocenters. The van der Waals surface area contributed by atoms with Crippen LogP contribution in [-0.2, 0) is 25.6 Å². The van der Waals surface area contributed by atoms with Crippen LogP contribution in [0, 0.1) is 0 Å². The average molecular weight is 534 g/mol. The molecule has 1 aromatic carbocycles. The number of aliphatic hydroxyl groups is 1. The molecule has 0 radical (unpaired) electrons. The number of likely N-dealkylation sites (tertiary alicyclic amines) is 1. The Bertz CT molecular complexity index is 1120. The number of aromatic amines is 1. The summed E-state index contributed by atoms with van der Waals surface area (Å²) in [4.78, 5) is 55.6.